The Bertz CT molecular complexity index is 320. The maximum atomic E-state index is 12.7. The van der Waals surface area contributed by atoms with E-state index in [0.717, 1.165) is 24.8 Å². The normalized spacial score (nSPS) is 32.1. The average Bonchev–Trinajstić information content (AvgIpc) is 2.48. The summed E-state index contributed by atoms with van der Waals surface area (Å²) in [6.07, 6.45) is 2.63. The zero-order chi connectivity index (χ0) is 10.2. The van der Waals surface area contributed by atoms with Crippen molar-refractivity contribution in [2.24, 2.45) is 5.92 Å². The predicted molar refractivity (Wildman–Crippen MR) is 53.3 cm³/mol. The number of hydrogen-bond donors (Lipinski definition) is 1. The van der Waals surface area contributed by atoms with E-state index in [-0.39, 0.29) is 5.82 Å². The van der Waals surface area contributed by atoms with E-state index in [4.69, 9.17) is 0 Å². The Morgan fingerprint density at radius 2 is 2.00 bits per heavy atom. The molecule has 0 aliphatic heterocycles. The van der Waals surface area contributed by atoms with Gasteiger partial charge in [0.25, 0.3) is 0 Å². The molecule has 0 heterocycles. The van der Waals surface area contributed by atoms with Crippen LogP contribution in [0, 0.1) is 11.7 Å². The zero-order valence-electron chi connectivity index (χ0n) is 8.33. The summed E-state index contributed by atoms with van der Waals surface area (Å²) in [6.45, 7) is 2.14. The minimum Gasteiger partial charge on any atom is -0.385 e. The second-order valence-corrected chi connectivity index (χ2v) is 4.39. The number of aliphatic hydroxyl groups is 1. The van der Waals surface area contributed by atoms with Crippen molar-refractivity contribution in [1.82, 2.24) is 0 Å². The lowest BCUT2D eigenvalue weighted by molar-refractivity contribution is 0.0407. The first-order valence-electron chi connectivity index (χ1n) is 5.08. The monoisotopic (exact) mass is 194 g/mol. The van der Waals surface area contributed by atoms with Crippen LogP contribution in [0.5, 0.6) is 0 Å². The fraction of sp³-hybridized carbons (Fsp3) is 0.500. The van der Waals surface area contributed by atoms with E-state index < -0.39 is 5.60 Å². The third-order valence-electron chi connectivity index (χ3n) is 3.12. The molecule has 1 aromatic carbocycles. The molecule has 0 unspecified atom stereocenters. The Kier molecular flexibility index (Phi) is 2.31. The number of benzene rings is 1. The van der Waals surface area contributed by atoms with Crippen molar-refractivity contribution >= 4 is 0 Å². The van der Waals surface area contributed by atoms with Crippen molar-refractivity contribution in [3.8, 4) is 0 Å². The van der Waals surface area contributed by atoms with Gasteiger partial charge in [0.2, 0.25) is 0 Å². The van der Waals surface area contributed by atoms with E-state index in [1.165, 1.54) is 12.1 Å². The molecule has 1 fully saturated rings. The summed E-state index contributed by atoms with van der Waals surface area (Å²) in [7, 11) is 0. The van der Waals surface area contributed by atoms with Crippen molar-refractivity contribution in [3.63, 3.8) is 0 Å². The molecule has 1 nitrogen and oxygen atoms in total. The second kappa shape index (κ2) is 3.35. The molecule has 1 aliphatic carbocycles. The zero-order valence-corrected chi connectivity index (χ0v) is 8.33. The summed E-state index contributed by atoms with van der Waals surface area (Å²) in [5, 5.41) is 10.3. The van der Waals surface area contributed by atoms with Gasteiger partial charge in [-0.1, -0.05) is 19.1 Å². The van der Waals surface area contributed by atoms with Gasteiger partial charge >= 0.3 is 0 Å². The van der Waals surface area contributed by atoms with Crippen LogP contribution in [-0.4, -0.2) is 5.11 Å². The van der Waals surface area contributed by atoms with Crippen molar-refractivity contribution in [2.75, 3.05) is 0 Å². The van der Waals surface area contributed by atoms with E-state index in [9.17, 15) is 9.50 Å². The Hall–Kier alpha value is -0.890. The fourth-order valence-electron chi connectivity index (χ4n) is 2.29. The summed E-state index contributed by atoms with van der Waals surface area (Å²) in [5.41, 5.74) is 0.135. The lowest BCUT2D eigenvalue weighted by Crippen LogP contribution is -2.21. The van der Waals surface area contributed by atoms with E-state index in [0.29, 0.717) is 5.92 Å². The number of hydrogen-bond acceptors (Lipinski definition) is 1. The molecule has 0 aromatic heterocycles. The lowest BCUT2D eigenvalue weighted by Gasteiger charge is -2.23. The third-order valence-corrected chi connectivity index (χ3v) is 3.12. The van der Waals surface area contributed by atoms with Crippen LogP contribution in [0.25, 0.3) is 0 Å². The smallest absolute Gasteiger partial charge is 0.123 e. The first kappa shape index (κ1) is 9.66. The topological polar surface area (TPSA) is 20.2 Å². The average molecular weight is 194 g/mol. The molecule has 0 spiro atoms. The van der Waals surface area contributed by atoms with Crippen LogP contribution < -0.4 is 0 Å². The van der Waals surface area contributed by atoms with Crippen molar-refractivity contribution in [2.45, 2.75) is 31.8 Å². The van der Waals surface area contributed by atoms with E-state index in [1.807, 2.05) is 0 Å². The highest BCUT2D eigenvalue weighted by Crippen LogP contribution is 2.41. The molecule has 1 aromatic rings. The second-order valence-electron chi connectivity index (χ2n) is 4.39. The molecule has 0 saturated heterocycles. The summed E-state index contributed by atoms with van der Waals surface area (Å²) < 4.78 is 12.7. The van der Waals surface area contributed by atoms with Gasteiger partial charge in [0.05, 0.1) is 5.60 Å². The standard InChI is InChI=1S/C12H15FO/c1-9-6-7-12(14,8-9)10-2-4-11(13)5-3-10/h2-5,9,14H,6-8H2,1H3/t9-,12+/m0/s1. The predicted octanol–water partition coefficient (Wildman–Crippen LogP) is 2.83. The molecule has 2 atom stereocenters. The Morgan fingerprint density at radius 1 is 1.36 bits per heavy atom. The first-order valence-corrected chi connectivity index (χ1v) is 5.08. The summed E-state index contributed by atoms with van der Waals surface area (Å²) in [4.78, 5) is 0. The Morgan fingerprint density at radius 3 is 2.50 bits per heavy atom. The molecular weight excluding hydrogens is 179 g/mol. The van der Waals surface area contributed by atoms with Gasteiger partial charge in [-0.15, -0.1) is 0 Å². The van der Waals surface area contributed by atoms with E-state index >= 15 is 0 Å². The SMILES string of the molecule is C[C@H]1CC[C@](O)(c2ccc(F)cc2)C1. The van der Waals surface area contributed by atoms with E-state index in [2.05, 4.69) is 6.92 Å². The maximum Gasteiger partial charge on any atom is 0.123 e. The molecule has 1 N–H and O–H groups in total. The van der Waals surface area contributed by atoms with Gasteiger partial charge in [-0.25, -0.2) is 4.39 Å². The lowest BCUT2D eigenvalue weighted by atomic mass is 9.91. The van der Waals surface area contributed by atoms with Crippen LogP contribution >= 0.6 is 0 Å². The molecule has 76 valence electrons. The molecule has 1 saturated carbocycles. The molecule has 2 rings (SSSR count). The van der Waals surface area contributed by atoms with Gasteiger partial charge in [0.15, 0.2) is 0 Å². The highest BCUT2D eigenvalue weighted by Gasteiger charge is 2.36. The van der Waals surface area contributed by atoms with Gasteiger partial charge < -0.3 is 5.11 Å². The third kappa shape index (κ3) is 1.67. The van der Waals surface area contributed by atoms with Crippen molar-refractivity contribution in [1.29, 1.82) is 0 Å². The molecule has 14 heavy (non-hydrogen) atoms. The molecule has 0 amide bonds. The summed E-state index contributed by atoms with van der Waals surface area (Å²) in [6, 6.07) is 6.20. The van der Waals surface area contributed by atoms with Crippen LogP contribution in [-0.2, 0) is 5.60 Å². The minimum atomic E-state index is -0.715. The fourth-order valence-corrected chi connectivity index (χ4v) is 2.29. The first-order chi connectivity index (χ1) is 6.60. The van der Waals surface area contributed by atoms with Gasteiger partial charge in [0.1, 0.15) is 5.82 Å². The van der Waals surface area contributed by atoms with Crippen LogP contribution in [0.4, 0.5) is 4.39 Å². The summed E-state index contributed by atoms with van der Waals surface area (Å²) >= 11 is 0. The van der Waals surface area contributed by atoms with E-state index in [1.54, 1.807) is 12.1 Å². The van der Waals surface area contributed by atoms with Gasteiger partial charge in [0, 0.05) is 0 Å². The van der Waals surface area contributed by atoms with Crippen LogP contribution in [0.15, 0.2) is 24.3 Å². The molecule has 0 radical (unpaired) electrons. The van der Waals surface area contributed by atoms with Crippen LogP contribution in [0.1, 0.15) is 31.7 Å². The van der Waals surface area contributed by atoms with Crippen LogP contribution in [0.3, 0.4) is 0 Å². The number of halogens is 1. The highest BCUT2D eigenvalue weighted by atomic mass is 19.1. The Labute approximate surface area is 83.6 Å². The number of rotatable bonds is 1. The molecule has 1 aliphatic rings. The van der Waals surface area contributed by atoms with Gasteiger partial charge in [-0.3, -0.25) is 0 Å². The van der Waals surface area contributed by atoms with Gasteiger partial charge in [-0.2, -0.15) is 0 Å². The highest BCUT2D eigenvalue weighted by molar-refractivity contribution is 5.24. The summed E-state index contributed by atoms with van der Waals surface area (Å²) in [5.74, 6) is 0.313. The van der Waals surface area contributed by atoms with Crippen LogP contribution in [0.2, 0.25) is 0 Å². The quantitative estimate of drug-likeness (QED) is 0.728. The largest absolute Gasteiger partial charge is 0.385 e. The minimum absolute atomic E-state index is 0.247. The molecule has 0 bridgehead atoms. The molecular formula is C12H15FO. The van der Waals surface area contributed by atoms with Crippen molar-refractivity contribution in [3.05, 3.63) is 35.6 Å². The maximum absolute atomic E-state index is 12.7. The molecule has 2 heteroatoms. The van der Waals surface area contributed by atoms with Crippen molar-refractivity contribution < 1.29 is 9.50 Å². The van der Waals surface area contributed by atoms with Gasteiger partial charge in [-0.05, 0) is 42.9 Å². The Balaban J connectivity index is 2.26.